The molecule has 264 valence electrons. The van der Waals surface area contributed by atoms with E-state index in [4.69, 9.17) is 0 Å². The van der Waals surface area contributed by atoms with Gasteiger partial charge in [-0.3, -0.25) is 0 Å². The molecule has 0 atom stereocenters. The summed E-state index contributed by atoms with van der Waals surface area (Å²) in [6.07, 6.45) is 9.52. The summed E-state index contributed by atoms with van der Waals surface area (Å²) in [5.74, 6) is 3.36. The van der Waals surface area contributed by atoms with Gasteiger partial charge >= 0.3 is 0 Å². The first kappa shape index (κ1) is 31.9. The van der Waals surface area contributed by atoms with Gasteiger partial charge in [0.2, 0.25) is 0 Å². The summed E-state index contributed by atoms with van der Waals surface area (Å²) in [6, 6.07) is 49.4. The van der Waals surface area contributed by atoms with Crippen LogP contribution < -0.4 is 4.90 Å². The molecule has 6 aromatic carbocycles. The maximum atomic E-state index is 2.64. The zero-order valence-corrected chi connectivity index (χ0v) is 31.8. The van der Waals surface area contributed by atoms with E-state index >= 15 is 0 Å². The van der Waals surface area contributed by atoms with Crippen molar-refractivity contribution in [2.24, 2.45) is 23.7 Å². The molecule has 12 rings (SSSR count). The van der Waals surface area contributed by atoms with Crippen LogP contribution in [0.25, 0.3) is 33.0 Å². The lowest BCUT2D eigenvalue weighted by atomic mass is 9.43. The highest BCUT2D eigenvalue weighted by Crippen LogP contribution is 2.69. The summed E-state index contributed by atoms with van der Waals surface area (Å²) in [4.78, 5) is 2.54. The number of hydrogen-bond acceptors (Lipinski definition) is 1. The molecule has 0 amide bonds. The molecule has 0 heterocycles. The molecule has 1 nitrogen and oxygen atoms in total. The quantitative estimate of drug-likeness (QED) is 0.178. The summed E-state index contributed by atoms with van der Waals surface area (Å²) in [6.45, 7) is 9.75. The fraction of sp³-hybridized carbons (Fsp3) is 0.346. The predicted octanol–water partition coefficient (Wildman–Crippen LogP) is 14.0. The molecule has 6 aromatic rings. The van der Waals surface area contributed by atoms with Crippen molar-refractivity contribution in [3.05, 3.63) is 150 Å². The summed E-state index contributed by atoms with van der Waals surface area (Å²) >= 11 is 0. The SMILES string of the molecule is CC1(C)CCC(C)(C)c2c(-c3ccc(N(c4ccc5c(c4)C4(c6ccccc6-5)C5CC6CC(C5)CC4C6)c4ccc5ccccc5c4)cc3)cccc21. The van der Waals surface area contributed by atoms with Gasteiger partial charge in [-0.1, -0.05) is 119 Å². The van der Waals surface area contributed by atoms with E-state index in [9.17, 15) is 0 Å². The van der Waals surface area contributed by atoms with Crippen molar-refractivity contribution in [2.45, 2.75) is 88.9 Å². The Balaban J connectivity index is 1.08. The standard InChI is InChI=1S/C52H51N/c1-50(2)24-25-51(3,4)49-43(13-9-15-47(49)50)36-17-19-40(20-18-36)53(41-21-16-35-10-5-6-11-37(35)31-41)42-22-23-45-44-12-7-8-14-46(44)52(48(45)32-42)38-27-33-26-34(29-38)30-39(52)28-33/h5-23,31-34,38-39H,24-30H2,1-4H3. The molecule has 6 aliphatic rings. The fourth-order valence-electron chi connectivity index (χ4n) is 12.8. The molecule has 0 aromatic heterocycles. The van der Waals surface area contributed by atoms with Gasteiger partial charge in [-0.25, -0.2) is 0 Å². The Kier molecular flexibility index (Phi) is 6.74. The smallest absolute Gasteiger partial charge is 0.0468 e. The number of benzene rings is 6. The first-order valence-electron chi connectivity index (χ1n) is 20.5. The third-order valence-corrected chi connectivity index (χ3v) is 15.1. The Morgan fingerprint density at radius 1 is 0.453 bits per heavy atom. The second-order valence-corrected chi connectivity index (χ2v) is 18.9. The van der Waals surface area contributed by atoms with E-state index in [1.54, 1.807) is 11.1 Å². The highest BCUT2D eigenvalue weighted by Gasteiger charge is 2.61. The third-order valence-electron chi connectivity index (χ3n) is 15.1. The molecule has 4 bridgehead atoms. The molecular weight excluding hydrogens is 639 g/mol. The Labute approximate surface area is 316 Å². The molecule has 4 fully saturated rings. The van der Waals surface area contributed by atoms with Crippen molar-refractivity contribution < 1.29 is 0 Å². The minimum atomic E-state index is 0.140. The normalized spacial score (nSPS) is 26.7. The zero-order chi connectivity index (χ0) is 35.7. The minimum Gasteiger partial charge on any atom is -0.310 e. The van der Waals surface area contributed by atoms with Crippen molar-refractivity contribution in [2.75, 3.05) is 4.90 Å². The topological polar surface area (TPSA) is 3.24 Å². The molecule has 6 aliphatic carbocycles. The number of rotatable bonds is 4. The third kappa shape index (κ3) is 4.55. The zero-order valence-electron chi connectivity index (χ0n) is 31.8. The van der Waals surface area contributed by atoms with Gasteiger partial charge in [0, 0.05) is 22.5 Å². The van der Waals surface area contributed by atoms with Crippen molar-refractivity contribution >= 4 is 27.8 Å². The molecule has 0 saturated heterocycles. The van der Waals surface area contributed by atoms with Gasteiger partial charge in [-0.2, -0.15) is 0 Å². The van der Waals surface area contributed by atoms with Crippen LogP contribution >= 0.6 is 0 Å². The van der Waals surface area contributed by atoms with Crippen LogP contribution in [0, 0.1) is 23.7 Å². The van der Waals surface area contributed by atoms with Crippen LogP contribution in [0.5, 0.6) is 0 Å². The predicted molar refractivity (Wildman–Crippen MR) is 223 cm³/mol. The Morgan fingerprint density at radius 3 is 1.81 bits per heavy atom. The van der Waals surface area contributed by atoms with E-state index in [2.05, 4.69) is 160 Å². The van der Waals surface area contributed by atoms with Crippen LogP contribution in [0.4, 0.5) is 17.1 Å². The summed E-state index contributed by atoms with van der Waals surface area (Å²) in [5.41, 5.74) is 16.1. The first-order valence-corrected chi connectivity index (χ1v) is 20.5. The van der Waals surface area contributed by atoms with E-state index in [0.29, 0.717) is 0 Å². The van der Waals surface area contributed by atoms with Crippen molar-refractivity contribution in [3.8, 4) is 22.3 Å². The number of nitrogens with zero attached hydrogens (tertiary/aromatic N) is 1. The minimum absolute atomic E-state index is 0.140. The fourth-order valence-corrected chi connectivity index (χ4v) is 12.8. The van der Waals surface area contributed by atoms with Gasteiger partial charge in [-0.05, 0) is 171 Å². The highest BCUT2D eigenvalue weighted by molar-refractivity contribution is 5.91. The number of anilines is 3. The second-order valence-electron chi connectivity index (χ2n) is 18.9. The molecule has 53 heavy (non-hydrogen) atoms. The van der Waals surface area contributed by atoms with E-state index in [1.807, 2.05) is 0 Å². The summed E-state index contributed by atoms with van der Waals surface area (Å²) < 4.78 is 0. The molecule has 0 radical (unpaired) electrons. The van der Waals surface area contributed by atoms with E-state index in [-0.39, 0.29) is 16.2 Å². The molecule has 0 unspecified atom stereocenters. The highest BCUT2D eigenvalue weighted by atomic mass is 15.1. The lowest BCUT2D eigenvalue weighted by molar-refractivity contribution is -0.0399. The summed E-state index contributed by atoms with van der Waals surface area (Å²) in [5, 5.41) is 2.56. The Hall–Kier alpha value is -4.62. The van der Waals surface area contributed by atoms with Crippen LogP contribution in [0.1, 0.15) is 94.9 Å². The number of hydrogen-bond donors (Lipinski definition) is 0. The summed E-state index contributed by atoms with van der Waals surface area (Å²) in [7, 11) is 0. The molecule has 4 saturated carbocycles. The molecular formula is C52H51N. The van der Waals surface area contributed by atoms with Crippen LogP contribution in [-0.2, 0) is 16.2 Å². The van der Waals surface area contributed by atoms with Crippen molar-refractivity contribution in [3.63, 3.8) is 0 Å². The second kappa shape index (κ2) is 11.2. The lowest BCUT2D eigenvalue weighted by Crippen LogP contribution is -2.55. The van der Waals surface area contributed by atoms with Crippen LogP contribution in [0.15, 0.2) is 127 Å². The van der Waals surface area contributed by atoms with Gasteiger partial charge in [-0.15, -0.1) is 0 Å². The largest absolute Gasteiger partial charge is 0.310 e. The van der Waals surface area contributed by atoms with Crippen molar-refractivity contribution in [1.82, 2.24) is 0 Å². The average molecular weight is 690 g/mol. The van der Waals surface area contributed by atoms with Gasteiger partial charge in [0.25, 0.3) is 0 Å². The number of fused-ring (bicyclic) bond motifs is 5. The van der Waals surface area contributed by atoms with Crippen LogP contribution in [0.2, 0.25) is 0 Å². The monoisotopic (exact) mass is 689 g/mol. The van der Waals surface area contributed by atoms with E-state index in [1.165, 1.54) is 106 Å². The molecule has 1 spiro atoms. The van der Waals surface area contributed by atoms with Gasteiger partial charge in [0.15, 0.2) is 0 Å². The van der Waals surface area contributed by atoms with E-state index < -0.39 is 0 Å². The van der Waals surface area contributed by atoms with Gasteiger partial charge in [0.05, 0.1) is 0 Å². The van der Waals surface area contributed by atoms with Gasteiger partial charge < -0.3 is 4.90 Å². The van der Waals surface area contributed by atoms with Gasteiger partial charge in [0.1, 0.15) is 0 Å². The lowest BCUT2D eigenvalue weighted by Gasteiger charge is -2.61. The first-order chi connectivity index (χ1) is 25.7. The average Bonchev–Trinajstić information content (AvgIpc) is 3.46. The van der Waals surface area contributed by atoms with E-state index in [0.717, 1.165) is 23.7 Å². The Bertz CT molecular complexity index is 2400. The van der Waals surface area contributed by atoms with Crippen molar-refractivity contribution in [1.29, 1.82) is 0 Å². The Morgan fingerprint density at radius 2 is 1.04 bits per heavy atom. The van der Waals surface area contributed by atoms with Crippen LogP contribution in [0.3, 0.4) is 0 Å². The molecule has 1 heteroatoms. The molecule has 0 aliphatic heterocycles. The van der Waals surface area contributed by atoms with Crippen LogP contribution in [-0.4, -0.2) is 0 Å². The molecule has 0 N–H and O–H groups in total. The maximum absolute atomic E-state index is 2.64. The maximum Gasteiger partial charge on any atom is 0.0468 e.